The van der Waals surface area contributed by atoms with Crippen LogP contribution in [0.5, 0.6) is 0 Å². The number of carbonyl (C=O) groups is 5. The van der Waals surface area contributed by atoms with Crippen molar-refractivity contribution in [3.63, 3.8) is 0 Å². The third-order valence-electron chi connectivity index (χ3n) is 8.71. The molecule has 1 aromatic rings. The van der Waals surface area contributed by atoms with Gasteiger partial charge in [0.25, 0.3) is 5.91 Å². The van der Waals surface area contributed by atoms with Crippen molar-refractivity contribution < 1.29 is 47.1 Å². The molecule has 0 radical (unpaired) electrons. The predicted octanol–water partition coefficient (Wildman–Crippen LogP) is 4.41. The number of ether oxygens (including phenoxy) is 2. The molecule has 14 nitrogen and oxygen atoms in total. The third-order valence-corrected chi connectivity index (χ3v) is 9.70. The topological polar surface area (TPSA) is 187 Å². The minimum atomic E-state index is -3.16. The number of benzene rings is 1. The maximum absolute atomic E-state index is 14.1. The van der Waals surface area contributed by atoms with E-state index in [2.05, 4.69) is 21.3 Å². The Hall–Kier alpha value is -3.32. The van der Waals surface area contributed by atoms with Gasteiger partial charge >= 0.3 is 26.3 Å². The summed E-state index contributed by atoms with van der Waals surface area (Å²) < 4.78 is 33.4. The SMILES string of the molecule is CCCCC(CCO[PH](=O)OC(C)C(=O)OC(=O)[C@@H]1CCCN1)NC(=O)C(CCCC)(NC(=O)OCc1ccccc1)NC(=O)C1CCC1. The molecule has 1 saturated carbocycles. The number of hydrogen-bond donors (Lipinski definition) is 4. The lowest BCUT2D eigenvalue weighted by Crippen LogP contribution is -2.70. The van der Waals surface area contributed by atoms with Crippen LogP contribution >= 0.6 is 8.25 Å². The minimum absolute atomic E-state index is 0.0170. The summed E-state index contributed by atoms with van der Waals surface area (Å²) in [7, 11) is -3.16. The maximum Gasteiger partial charge on any atom is 0.409 e. The van der Waals surface area contributed by atoms with Crippen molar-refractivity contribution in [2.45, 2.75) is 128 Å². The van der Waals surface area contributed by atoms with Crippen LogP contribution in [0.2, 0.25) is 0 Å². The van der Waals surface area contributed by atoms with Crippen LogP contribution in [-0.4, -0.2) is 66.8 Å². The van der Waals surface area contributed by atoms with E-state index in [1.807, 2.05) is 44.2 Å². The predicted molar refractivity (Wildman–Crippen MR) is 181 cm³/mol. The Bertz CT molecular complexity index is 1260. The molecule has 1 aliphatic carbocycles. The molecule has 274 valence electrons. The van der Waals surface area contributed by atoms with Crippen molar-refractivity contribution in [1.29, 1.82) is 0 Å². The molecule has 15 heteroatoms. The summed E-state index contributed by atoms with van der Waals surface area (Å²) in [4.78, 5) is 64.9. The molecule has 0 spiro atoms. The number of esters is 2. The molecule has 1 heterocycles. The number of alkyl carbamates (subject to hydrolysis) is 1. The van der Waals surface area contributed by atoms with Gasteiger partial charge in [0, 0.05) is 12.0 Å². The van der Waals surface area contributed by atoms with Gasteiger partial charge in [-0.1, -0.05) is 69.9 Å². The van der Waals surface area contributed by atoms with E-state index in [0.29, 0.717) is 45.1 Å². The first kappa shape index (κ1) is 40.1. The lowest BCUT2D eigenvalue weighted by molar-refractivity contribution is -0.165. The Balaban J connectivity index is 1.63. The minimum Gasteiger partial charge on any atom is -0.445 e. The third kappa shape index (κ3) is 13.5. The monoisotopic (exact) mass is 708 g/mol. The van der Waals surface area contributed by atoms with Crippen molar-refractivity contribution >= 4 is 38.1 Å². The van der Waals surface area contributed by atoms with Crippen LogP contribution in [0.4, 0.5) is 4.79 Å². The highest BCUT2D eigenvalue weighted by Crippen LogP contribution is 2.29. The van der Waals surface area contributed by atoms with Crippen molar-refractivity contribution in [1.82, 2.24) is 21.3 Å². The molecule has 0 bridgehead atoms. The number of hydrogen-bond acceptors (Lipinski definition) is 11. The fraction of sp³-hybridized carbons (Fsp3) is 0.676. The van der Waals surface area contributed by atoms with E-state index in [9.17, 15) is 28.5 Å². The summed E-state index contributed by atoms with van der Waals surface area (Å²) in [5, 5.41) is 11.5. The fourth-order valence-corrected chi connectivity index (χ4v) is 6.18. The molecule has 3 rings (SSSR count). The summed E-state index contributed by atoms with van der Waals surface area (Å²) in [5.74, 6) is -2.80. The van der Waals surface area contributed by atoms with Gasteiger partial charge in [-0.05, 0) is 70.4 Å². The first-order chi connectivity index (χ1) is 23.6. The van der Waals surface area contributed by atoms with Crippen molar-refractivity contribution in [2.24, 2.45) is 5.92 Å². The Morgan fingerprint density at radius 2 is 1.71 bits per heavy atom. The van der Waals surface area contributed by atoms with Crippen molar-refractivity contribution in [3.05, 3.63) is 35.9 Å². The Morgan fingerprint density at radius 3 is 2.35 bits per heavy atom. The van der Waals surface area contributed by atoms with E-state index in [0.717, 1.165) is 31.2 Å². The number of unbranched alkanes of at least 4 members (excludes halogenated alkanes) is 2. The zero-order chi connectivity index (χ0) is 35.6. The molecular weight excluding hydrogens is 655 g/mol. The van der Waals surface area contributed by atoms with Gasteiger partial charge in [-0.15, -0.1) is 0 Å². The second kappa shape index (κ2) is 21.0. The van der Waals surface area contributed by atoms with Crippen molar-refractivity contribution in [2.75, 3.05) is 13.2 Å². The first-order valence-electron chi connectivity index (χ1n) is 17.5. The highest BCUT2D eigenvalue weighted by molar-refractivity contribution is 7.33. The molecular formula is C34H53N4O10P. The van der Waals surface area contributed by atoms with Crippen LogP contribution in [-0.2, 0) is 48.9 Å². The van der Waals surface area contributed by atoms with Crippen LogP contribution < -0.4 is 21.3 Å². The maximum atomic E-state index is 14.1. The standard InChI is InChI=1S/C34H53N4O10P/c1-4-6-17-27(19-22-46-49(44)48-24(3)30(40)47-31(41)28-18-12-21-35-28)36-32(42)34(20-7-5-2,37-29(39)26-15-11-16-26)38-33(43)45-23-25-13-9-8-10-14-25/h8-10,13-14,24,26-28,35,49H,4-7,11-12,15-23H2,1-3H3,(H,36,42)(H,37,39)(H,38,43)/t24?,27?,28-,34?/m0/s1. The lowest BCUT2D eigenvalue weighted by Gasteiger charge is -2.37. The zero-order valence-electron chi connectivity index (χ0n) is 28.9. The van der Waals surface area contributed by atoms with E-state index in [-0.39, 0.29) is 37.9 Å². The normalized spacial score (nSPS) is 19.0. The summed E-state index contributed by atoms with van der Waals surface area (Å²) in [6.45, 7) is 5.83. The van der Waals surface area contributed by atoms with Crippen LogP contribution in [0.25, 0.3) is 0 Å². The molecule has 5 atom stereocenters. The van der Waals surface area contributed by atoms with Crippen LogP contribution in [0, 0.1) is 5.92 Å². The van der Waals surface area contributed by atoms with Gasteiger partial charge in [0.15, 0.2) is 11.8 Å². The zero-order valence-corrected chi connectivity index (χ0v) is 29.9. The van der Waals surface area contributed by atoms with E-state index in [4.69, 9.17) is 18.5 Å². The molecule has 2 aliphatic rings. The van der Waals surface area contributed by atoms with Gasteiger partial charge in [0.05, 0.1) is 6.61 Å². The van der Waals surface area contributed by atoms with Crippen LogP contribution in [0.15, 0.2) is 30.3 Å². The summed E-state index contributed by atoms with van der Waals surface area (Å²) >= 11 is 0. The molecule has 4 N–H and O–H groups in total. The molecule has 2 fully saturated rings. The fourth-order valence-electron chi connectivity index (χ4n) is 5.44. The highest BCUT2D eigenvalue weighted by atomic mass is 31.1. The molecule has 1 aromatic carbocycles. The Labute approximate surface area is 289 Å². The summed E-state index contributed by atoms with van der Waals surface area (Å²) in [6.07, 6.45) is 5.30. The van der Waals surface area contributed by atoms with Gasteiger partial charge in [-0.3, -0.25) is 24.0 Å². The van der Waals surface area contributed by atoms with E-state index in [1.54, 1.807) is 0 Å². The van der Waals surface area contributed by atoms with E-state index < -0.39 is 56.0 Å². The van der Waals surface area contributed by atoms with Gasteiger partial charge in [-0.25, -0.2) is 14.4 Å². The largest absolute Gasteiger partial charge is 0.445 e. The number of amides is 3. The Morgan fingerprint density at radius 1 is 0.980 bits per heavy atom. The highest BCUT2D eigenvalue weighted by Gasteiger charge is 2.44. The number of nitrogens with one attached hydrogen (secondary N) is 4. The van der Waals surface area contributed by atoms with Gasteiger partial charge < -0.3 is 29.9 Å². The van der Waals surface area contributed by atoms with Gasteiger partial charge in [-0.2, -0.15) is 0 Å². The van der Waals surface area contributed by atoms with Crippen LogP contribution in [0.1, 0.15) is 103 Å². The second-order valence-corrected chi connectivity index (χ2v) is 13.7. The molecule has 1 aliphatic heterocycles. The van der Waals surface area contributed by atoms with Gasteiger partial charge in [0.2, 0.25) is 5.91 Å². The average molecular weight is 709 g/mol. The van der Waals surface area contributed by atoms with Crippen LogP contribution in [0.3, 0.4) is 0 Å². The first-order valence-corrected chi connectivity index (χ1v) is 18.7. The van der Waals surface area contributed by atoms with Crippen molar-refractivity contribution in [3.8, 4) is 0 Å². The quantitative estimate of drug-likeness (QED) is 0.0613. The molecule has 1 saturated heterocycles. The average Bonchev–Trinajstić information content (AvgIpc) is 3.60. The smallest absolute Gasteiger partial charge is 0.409 e. The molecule has 0 aromatic heterocycles. The lowest BCUT2D eigenvalue weighted by atomic mass is 9.84. The summed E-state index contributed by atoms with van der Waals surface area (Å²) in [6, 6.07) is 8.10. The number of carbonyl (C=O) groups excluding carboxylic acids is 5. The molecule has 4 unspecified atom stereocenters. The number of rotatable bonds is 21. The van der Waals surface area contributed by atoms with Gasteiger partial charge in [0.1, 0.15) is 12.6 Å². The Kier molecular flexibility index (Phi) is 17.2. The molecule has 3 amide bonds. The van der Waals surface area contributed by atoms with E-state index in [1.165, 1.54) is 6.92 Å². The second-order valence-electron chi connectivity index (χ2n) is 12.7. The molecule has 49 heavy (non-hydrogen) atoms. The van der Waals surface area contributed by atoms with E-state index >= 15 is 0 Å². The summed E-state index contributed by atoms with van der Waals surface area (Å²) in [5.41, 5.74) is -0.997.